The van der Waals surface area contributed by atoms with Gasteiger partial charge >= 0.3 is 13.1 Å². The van der Waals surface area contributed by atoms with E-state index in [0.29, 0.717) is 12.2 Å². The predicted octanol–water partition coefficient (Wildman–Crippen LogP) is 3.91. The van der Waals surface area contributed by atoms with Gasteiger partial charge in [-0.2, -0.15) is 0 Å². The van der Waals surface area contributed by atoms with Gasteiger partial charge in [0, 0.05) is 5.82 Å². The Bertz CT molecular complexity index is 642. The minimum absolute atomic E-state index is 0.0771. The zero-order valence-electron chi connectivity index (χ0n) is 15.3. The maximum atomic E-state index is 12.4. The molecule has 0 amide bonds. The molecular formula is C19H27BO4. The monoisotopic (exact) mass is 330 g/mol. The van der Waals surface area contributed by atoms with Crippen LogP contribution in [0.3, 0.4) is 0 Å². The number of benzene rings is 1. The van der Waals surface area contributed by atoms with Crippen molar-refractivity contribution in [3.05, 3.63) is 34.9 Å². The molecule has 0 radical (unpaired) electrons. The molecule has 4 nitrogen and oxygen atoms in total. The zero-order chi connectivity index (χ0) is 17.5. The van der Waals surface area contributed by atoms with Crippen LogP contribution in [0.5, 0.6) is 0 Å². The molecule has 130 valence electrons. The van der Waals surface area contributed by atoms with Crippen LogP contribution in [0, 0.1) is 0 Å². The van der Waals surface area contributed by atoms with E-state index in [2.05, 4.69) is 33.8 Å². The van der Waals surface area contributed by atoms with Crippen molar-refractivity contribution < 1.29 is 18.8 Å². The Hall–Kier alpha value is -1.33. The van der Waals surface area contributed by atoms with E-state index < -0.39 is 0 Å². The quantitative estimate of drug-likeness (QED) is 0.620. The molecule has 2 atom stereocenters. The lowest BCUT2D eigenvalue weighted by atomic mass is 9.67. The standard InChI is InChI=1S/C19H27BO4/c1-6-19(5)18(3,4)23-20(24-19)15-12-11-13-9-8-10-14(16(13)15)17(21)22-7-2/h8-10,15H,6-7,11-12H2,1-5H3. The Kier molecular flexibility index (Phi) is 4.52. The van der Waals surface area contributed by atoms with Crippen LogP contribution in [-0.4, -0.2) is 30.9 Å². The van der Waals surface area contributed by atoms with Crippen molar-refractivity contribution >= 4 is 13.1 Å². The lowest BCUT2D eigenvalue weighted by molar-refractivity contribution is -0.0119. The molecule has 0 spiro atoms. The average Bonchev–Trinajstić information content (AvgIpc) is 3.07. The summed E-state index contributed by atoms with van der Waals surface area (Å²) in [4.78, 5) is 12.4. The normalized spacial score (nSPS) is 28.0. The molecule has 0 N–H and O–H groups in total. The molecule has 24 heavy (non-hydrogen) atoms. The number of rotatable bonds is 4. The van der Waals surface area contributed by atoms with E-state index in [1.165, 1.54) is 5.56 Å². The topological polar surface area (TPSA) is 44.8 Å². The largest absolute Gasteiger partial charge is 0.465 e. The van der Waals surface area contributed by atoms with Crippen molar-refractivity contribution in [3.8, 4) is 0 Å². The molecular weight excluding hydrogens is 303 g/mol. The first-order valence-electron chi connectivity index (χ1n) is 8.97. The lowest BCUT2D eigenvalue weighted by Gasteiger charge is -2.35. The Balaban J connectivity index is 1.94. The van der Waals surface area contributed by atoms with E-state index in [1.807, 2.05) is 19.1 Å². The molecule has 1 aliphatic carbocycles. The second-order valence-corrected chi connectivity index (χ2v) is 7.44. The van der Waals surface area contributed by atoms with Gasteiger partial charge in [0.1, 0.15) is 0 Å². The summed E-state index contributed by atoms with van der Waals surface area (Å²) in [6.07, 6.45) is 2.77. The summed E-state index contributed by atoms with van der Waals surface area (Å²) in [6.45, 7) is 10.6. The highest BCUT2D eigenvalue weighted by atomic mass is 16.7. The van der Waals surface area contributed by atoms with Gasteiger partial charge in [-0.05, 0) is 64.2 Å². The van der Waals surface area contributed by atoms with Crippen molar-refractivity contribution in [2.45, 2.75) is 70.9 Å². The minimum Gasteiger partial charge on any atom is -0.462 e. The van der Waals surface area contributed by atoms with E-state index in [-0.39, 0.29) is 30.1 Å². The van der Waals surface area contributed by atoms with Crippen LogP contribution in [0.4, 0.5) is 0 Å². The van der Waals surface area contributed by atoms with Gasteiger partial charge in [-0.3, -0.25) is 0 Å². The second kappa shape index (κ2) is 6.19. The molecule has 5 heteroatoms. The third kappa shape index (κ3) is 2.68. The molecule has 1 heterocycles. The number of esters is 1. The van der Waals surface area contributed by atoms with E-state index in [0.717, 1.165) is 24.8 Å². The van der Waals surface area contributed by atoms with Crippen LogP contribution in [0.25, 0.3) is 0 Å². The number of carbonyl (C=O) groups excluding carboxylic acids is 1. The summed E-state index contributed by atoms with van der Waals surface area (Å²) in [5.41, 5.74) is 2.25. The van der Waals surface area contributed by atoms with Crippen LogP contribution in [-0.2, 0) is 20.5 Å². The van der Waals surface area contributed by atoms with Gasteiger partial charge in [0.2, 0.25) is 0 Å². The number of fused-ring (bicyclic) bond motifs is 1. The minimum atomic E-state index is -0.353. The molecule has 1 aromatic rings. The van der Waals surface area contributed by atoms with Crippen LogP contribution in [0.1, 0.15) is 74.8 Å². The van der Waals surface area contributed by atoms with Crippen LogP contribution in [0.15, 0.2) is 18.2 Å². The van der Waals surface area contributed by atoms with Gasteiger partial charge in [0.15, 0.2) is 0 Å². The van der Waals surface area contributed by atoms with Gasteiger partial charge in [0.25, 0.3) is 0 Å². The lowest BCUT2D eigenvalue weighted by Crippen LogP contribution is -2.44. The van der Waals surface area contributed by atoms with Crippen molar-refractivity contribution in [3.63, 3.8) is 0 Å². The first kappa shape index (κ1) is 17.5. The number of aryl methyl sites for hydroxylation is 1. The Morgan fingerprint density at radius 1 is 1.29 bits per heavy atom. The summed E-state index contributed by atoms with van der Waals surface area (Å²) < 4.78 is 17.9. The number of carbonyl (C=O) groups is 1. The Morgan fingerprint density at radius 3 is 2.67 bits per heavy atom. The van der Waals surface area contributed by atoms with E-state index in [1.54, 1.807) is 0 Å². The Labute approximate surface area is 145 Å². The molecule has 0 saturated carbocycles. The zero-order valence-corrected chi connectivity index (χ0v) is 15.3. The van der Waals surface area contributed by atoms with E-state index in [9.17, 15) is 4.79 Å². The van der Waals surface area contributed by atoms with Gasteiger partial charge in [-0.15, -0.1) is 0 Å². The summed E-state index contributed by atoms with van der Waals surface area (Å²) in [6, 6.07) is 5.88. The molecule has 0 bridgehead atoms. The summed E-state index contributed by atoms with van der Waals surface area (Å²) in [7, 11) is -0.318. The van der Waals surface area contributed by atoms with Crippen molar-refractivity contribution in [2.24, 2.45) is 0 Å². The fourth-order valence-corrected chi connectivity index (χ4v) is 3.89. The summed E-state index contributed by atoms with van der Waals surface area (Å²) in [5, 5.41) is 0. The van der Waals surface area contributed by atoms with E-state index in [4.69, 9.17) is 14.0 Å². The molecule has 2 aliphatic rings. The van der Waals surface area contributed by atoms with Crippen LogP contribution >= 0.6 is 0 Å². The van der Waals surface area contributed by atoms with Gasteiger partial charge in [-0.1, -0.05) is 19.1 Å². The third-order valence-corrected chi connectivity index (χ3v) is 5.85. The molecule has 1 aromatic carbocycles. The summed E-state index contributed by atoms with van der Waals surface area (Å²) in [5.74, 6) is -0.176. The first-order valence-corrected chi connectivity index (χ1v) is 8.97. The molecule has 3 rings (SSSR count). The van der Waals surface area contributed by atoms with Gasteiger partial charge < -0.3 is 14.0 Å². The van der Waals surface area contributed by atoms with Gasteiger partial charge in [0.05, 0.1) is 23.4 Å². The second-order valence-electron chi connectivity index (χ2n) is 7.44. The van der Waals surface area contributed by atoms with Crippen molar-refractivity contribution in [2.75, 3.05) is 6.61 Å². The highest BCUT2D eigenvalue weighted by molar-refractivity contribution is 6.48. The third-order valence-electron chi connectivity index (χ3n) is 5.85. The van der Waals surface area contributed by atoms with E-state index >= 15 is 0 Å². The number of ether oxygens (including phenoxy) is 1. The average molecular weight is 330 g/mol. The van der Waals surface area contributed by atoms with Crippen molar-refractivity contribution in [1.29, 1.82) is 0 Å². The number of hydrogen-bond donors (Lipinski definition) is 0. The smallest absolute Gasteiger partial charge is 0.462 e. The highest BCUT2D eigenvalue weighted by Crippen LogP contribution is 2.47. The van der Waals surface area contributed by atoms with Crippen molar-refractivity contribution in [1.82, 2.24) is 0 Å². The molecule has 0 aromatic heterocycles. The molecule has 1 aliphatic heterocycles. The Morgan fingerprint density at radius 2 is 2.04 bits per heavy atom. The predicted molar refractivity (Wildman–Crippen MR) is 94.2 cm³/mol. The fraction of sp³-hybridized carbons (Fsp3) is 0.632. The summed E-state index contributed by atoms with van der Waals surface area (Å²) >= 11 is 0. The highest BCUT2D eigenvalue weighted by Gasteiger charge is 2.56. The maximum Gasteiger partial charge on any atom is 0.465 e. The number of hydrogen-bond acceptors (Lipinski definition) is 4. The SMILES string of the molecule is CCOC(=O)c1cccc2c1C(B1OC(C)(C)C(C)(CC)O1)CC2. The van der Waals surface area contributed by atoms with Crippen LogP contribution in [0.2, 0.25) is 0 Å². The molecule has 2 unspecified atom stereocenters. The molecule has 1 saturated heterocycles. The maximum absolute atomic E-state index is 12.4. The van der Waals surface area contributed by atoms with Crippen LogP contribution < -0.4 is 0 Å². The fourth-order valence-electron chi connectivity index (χ4n) is 3.89. The van der Waals surface area contributed by atoms with Gasteiger partial charge in [-0.25, -0.2) is 4.79 Å². The molecule has 1 fully saturated rings. The first-order chi connectivity index (χ1) is 11.3.